The van der Waals surface area contributed by atoms with Gasteiger partial charge in [-0.3, -0.25) is 14.5 Å². The molecule has 0 aliphatic carbocycles. The lowest BCUT2D eigenvalue weighted by Crippen LogP contribution is -2.48. The molecule has 1 N–H and O–H groups in total. The summed E-state index contributed by atoms with van der Waals surface area (Å²) in [6.45, 7) is 3.37. The molecule has 1 saturated heterocycles. The molecule has 0 aromatic heterocycles. The molecule has 26 heavy (non-hydrogen) atoms. The third-order valence-electron chi connectivity index (χ3n) is 4.41. The average molecular weight is 366 g/mol. The van der Waals surface area contributed by atoms with Gasteiger partial charge in [0.2, 0.25) is 11.7 Å². The van der Waals surface area contributed by atoms with Gasteiger partial charge < -0.3 is 24.2 Å². The Morgan fingerprint density at radius 2 is 1.54 bits per heavy atom. The highest BCUT2D eigenvalue weighted by Gasteiger charge is 2.22. The molecule has 1 aliphatic rings. The number of hydrogen-bond donors (Lipinski definition) is 1. The van der Waals surface area contributed by atoms with Crippen molar-refractivity contribution < 1.29 is 28.9 Å². The van der Waals surface area contributed by atoms with Gasteiger partial charge in [-0.25, -0.2) is 0 Å². The fourth-order valence-electron chi connectivity index (χ4n) is 3.01. The van der Waals surface area contributed by atoms with E-state index >= 15 is 0 Å². The van der Waals surface area contributed by atoms with E-state index in [1.807, 2.05) is 12.1 Å². The van der Waals surface area contributed by atoms with Crippen LogP contribution < -0.4 is 14.2 Å². The van der Waals surface area contributed by atoms with E-state index in [2.05, 4.69) is 4.90 Å². The van der Waals surface area contributed by atoms with E-state index in [1.165, 1.54) is 0 Å². The van der Waals surface area contributed by atoms with Gasteiger partial charge in [-0.15, -0.1) is 0 Å². The first-order valence-electron chi connectivity index (χ1n) is 8.49. The normalized spacial score (nSPS) is 14.8. The van der Waals surface area contributed by atoms with Crippen molar-refractivity contribution in [1.82, 2.24) is 9.80 Å². The summed E-state index contributed by atoms with van der Waals surface area (Å²) in [4.78, 5) is 26.6. The topological polar surface area (TPSA) is 88.5 Å². The third kappa shape index (κ3) is 5.01. The molecule has 1 heterocycles. The lowest BCUT2D eigenvalue weighted by Gasteiger charge is -2.35. The number of benzene rings is 1. The minimum absolute atomic E-state index is 0.0577. The van der Waals surface area contributed by atoms with Crippen LogP contribution in [-0.4, -0.2) is 74.3 Å². The van der Waals surface area contributed by atoms with Crippen LogP contribution in [0.4, 0.5) is 0 Å². The molecule has 0 atom stereocenters. The predicted molar refractivity (Wildman–Crippen MR) is 94.8 cm³/mol. The van der Waals surface area contributed by atoms with Crippen LogP contribution in [0.3, 0.4) is 0 Å². The van der Waals surface area contributed by atoms with Crippen LogP contribution in [0.5, 0.6) is 17.2 Å². The predicted octanol–water partition coefficient (Wildman–Crippen LogP) is 1.22. The first-order valence-corrected chi connectivity index (χ1v) is 8.49. The number of rotatable bonds is 8. The number of carbonyl (C=O) groups excluding carboxylic acids is 1. The number of carbonyl (C=O) groups is 2. The molecule has 2 rings (SSSR count). The number of hydrogen-bond acceptors (Lipinski definition) is 6. The van der Waals surface area contributed by atoms with E-state index in [4.69, 9.17) is 19.3 Å². The van der Waals surface area contributed by atoms with E-state index < -0.39 is 5.97 Å². The van der Waals surface area contributed by atoms with E-state index in [0.717, 1.165) is 18.7 Å². The Morgan fingerprint density at radius 1 is 0.962 bits per heavy atom. The van der Waals surface area contributed by atoms with Crippen molar-refractivity contribution in [2.45, 2.75) is 19.4 Å². The number of carboxylic acids is 1. The van der Waals surface area contributed by atoms with Crippen molar-refractivity contribution >= 4 is 11.9 Å². The van der Waals surface area contributed by atoms with Crippen LogP contribution in [0.2, 0.25) is 0 Å². The number of ether oxygens (including phenoxy) is 3. The van der Waals surface area contributed by atoms with Crippen molar-refractivity contribution in [3.8, 4) is 17.2 Å². The maximum absolute atomic E-state index is 12.0. The Hall–Kier alpha value is -2.48. The van der Waals surface area contributed by atoms with Crippen LogP contribution in [0, 0.1) is 0 Å². The second kappa shape index (κ2) is 9.28. The fraction of sp³-hybridized carbons (Fsp3) is 0.556. The molecular weight excluding hydrogens is 340 g/mol. The van der Waals surface area contributed by atoms with Crippen molar-refractivity contribution in [2.24, 2.45) is 0 Å². The molecule has 0 spiro atoms. The Kier molecular flexibility index (Phi) is 7.08. The maximum Gasteiger partial charge on any atom is 0.303 e. The Labute approximate surface area is 153 Å². The molecule has 1 aliphatic heterocycles. The molecule has 0 saturated carbocycles. The number of nitrogens with zero attached hydrogens (tertiary/aromatic N) is 2. The third-order valence-corrected chi connectivity index (χ3v) is 4.41. The number of methoxy groups -OCH3 is 3. The van der Waals surface area contributed by atoms with Gasteiger partial charge in [0.05, 0.1) is 27.8 Å². The van der Waals surface area contributed by atoms with Crippen LogP contribution in [0.15, 0.2) is 12.1 Å². The van der Waals surface area contributed by atoms with Gasteiger partial charge in [-0.05, 0) is 17.7 Å². The Bertz CT molecular complexity index is 616. The standard InChI is InChI=1S/C18H26N2O6/c1-24-14-10-13(11-15(25-2)18(14)26-3)12-19-6-8-20(9-7-19)16(21)4-5-17(22)23/h10-11H,4-9,12H2,1-3H3,(H,22,23). The summed E-state index contributed by atoms with van der Waals surface area (Å²) in [5.41, 5.74) is 1.03. The average Bonchev–Trinajstić information content (AvgIpc) is 2.65. The summed E-state index contributed by atoms with van der Waals surface area (Å²) in [6, 6.07) is 3.84. The first kappa shape index (κ1) is 19.8. The fourth-order valence-corrected chi connectivity index (χ4v) is 3.01. The SMILES string of the molecule is COc1cc(CN2CCN(C(=O)CCC(=O)O)CC2)cc(OC)c1OC. The van der Waals surface area contributed by atoms with E-state index in [-0.39, 0.29) is 18.7 Å². The van der Waals surface area contributed by atoms with Gasteiger partial charge in [0.25, 0.3) is 0 Å². The highest BCUT2D eigenvalue weighted by atomic mass is 16.5. The van der Waals surface area contributed by atoms with Gasteiger partial charge in [-0.1, -0.05) is 0 Å². The van der Waals surface area contributed by atoms with Gasteiger partial charge in [0, 0.05) is 39.1 Å². The number of carboxylic acid groups (broad SMARTS) is 1. The van der Waals surface area contributed by atoms with Gasteiger partial charge in [0.15, 0.2) is 11.5 Å². The molecule has 1 amide bonds. The summed E-state index contributed by atoms with van der Waals surface area (Å²) in [7, 11) is 4.74. The summed E-state index contributed by atoms with van der Waals surface area (Å²) < 4.78 is 16.1. The molecule has 144 valence electrons. The maximum atomic E-state index is 12.0. The molecule has 0 unspecified atom stereocenters. The molecule has 1 aromatic carbocycles. The van der Waals surface area contributed by atoms with Crippen molar-refractivity contribution in [2.75, 3.05) is 47.5 Å². The molecule has 0 radical (unpaired) electrons. The number of amides is 1. The monoisotopic (exact) mass is 366 g/mol. The Balaban J connectivity index is 1.95. The highest BCUT2D eigenvalue weighted by molar-refractivity contribution is 5.80. The van der Waals surface area contributed by atoms with Crippen molar-refractivity contribution in [1.29, 1.82) is 0 Å². The highest BCUT2D eigenvalue weighted by Crippen LogP contribution is 2.38. The van der Waals surface area contributed by atoms with Crippen LogP contribution in [0.25, 0.3) is 0 Å². The lowest BCUT2D eigenvalue weighted by atomic mass is 10.1. The Morgan fingerprint density at radius 3 is 2.00 bits per heavy atom. The number of aliphatic carboxylic acids is 1. The van der Waals surface area contributed by atoms with E-state index in [9.17, 15) is 9.59 Å². The summed E-state index contributed by atoms with van der Waals surface area (Å²) in [6.07, 6.45) is -0.0628. The summed E-state index contributed by atoms with van der Waals surface area (Å²) in [5.74, 6) is 0.750. The van der Waals surface area contributed by atoms with Gasteiger partial charge in [-0.2, -0.15) is 0 Å². The summed E-state index contributed by atoms with van der Waals surface area (Å²) >= 11 is 0. The van der Waals surface area contributed by atoms with E-state index in [1.54, 1.807) is 26.2 Å². The molecular formula is C18H26N2O6. The quantitative estimate of drug-likeness (QED) is 0.740. The molecule has 8 heteroatoms. The van der Waals surface area contributed by atoms with Crippen LogP contribution in [0.1, 0.15) is 18.4 Å². The zero-order valence-electron chi connectivity index (χ0n) is 15.5. The van der Waals surface area contributed by atoms with Crippen molar-refractivity contribution in [3.63, 3.8) is 0 Å². The first-order chi connectivity index (χ1) is 12.5. The largest absolute Gasteiger partial charge is 0.493 e. The zero-order chi connectivity index (χ0) is 19.1. The van der Waals surface area contributed by atoms with Crippen LogP contribution >= 0.6 is 0 Å². The smallest absolute Gasteiger partial charge is 0.303 e. The van der Waals surface area contributed by atoms with Crippen LogP contribution in [-0.2, 0) is 16.1 Å². The summed E-state index contributed by atoms with van der Waals surface area (Å²) in [5, 5.41) is 8.68. The molecule has 1 fully saturated rings. The van der Waals surface area contributed by atoms with E-state index in [0.29, 0.717) is 36.9 Å². The molecule has 8 nitrogen and oxygen atoms in total. The number of piperazine rings is 1. The second-order valence-electron chi connectivity index (χ2n) is 6.08. The minimum Gasteiger partial charge on any atom is -0.493 e. The van der Waals surface area contributed by atoms with Crippen molar-refractivity contribution in [3.05, 3.63) is 17.7 Å². The van der Waals surface area contributed by atoms with Gasteiger partial charge in [0.1, 0.15) is 0 Å². The minimum atomic E-state index is -0.945. The lowest BCUT2D eigenvalue weighted by molar-refractivity contribution is -0.141. The molecule has 0 bridgehead atoms. The second-order valence-corrected chi connectivity index (χ2v) is 6.08. The zero-order valence-corrected chi connectivity index (χ0v) is 15.5. The molecule has 1 aromatic rings. The van der Waals surface area contributed by atoms with Gasteiger partial charge >= 0.3 is 5.97 Å².